The van der Waals surface area contributed by atoms with Gasteiger partial charge in [-0.2, -0.15) is 0 Å². The van der Waals surface area contributed by atoms with Crippen molar-refractivity contribution >= 4 is 40.5 Å². The van der Waals surface area contributed by atoms with Gasteiger partial charge in [0.1, 0.15) is 5.82 Å². The molecule has 4 N–H and O–H groups in total. The number of benzene rings is 2. The molecule has 4 nitrogen and oxygen atoms in total. The lowest BCUT2D eigenvalue weighted by atomic mass is 10.1. The van der Waals surface area contributed by atoms with E-state index in [9.17, 15) is 9.18 Å². The third kappa shape index (κ3) is 3.19. The lowest BCUT2D eigenvalue weighted by Gasteiger charge is -2.11. The largest absolute Gasteiger partial charge is 0.323 e. The predicted molar refractivity (Wildman–Crippen MR) is 78.6 cm³/mol. The summed E-state index contributed by atoms with van der Waals surface area (Å²) >= 11 is 11.7. The Morgan fingerprint density at radius 1 is 1.10 bits per heavy atom. The SMILES string of the molecule is NNc1ccc(Cl)cc1C(=O)Nc1ccc(F)cc1Cl. The molecule has 0 spiro atoms. The van der Waals surface area contributed by atoms with Gasteiger partial charge >= 0.3 is 0 Å². The number of amides is 1. The zero-order valence-corrected chi connectivity index (χ0v) is 11.6. The standard InChI is InChI=1S/C13H10Cl2FN3O/c14-7-1-3-11(19-17)9(5-7)13(20)18-12-4-2-8(16)6-10(12)15/h1-6,19H,17H2,(H,18,20). The van der Waals surface area contributed by atoms with E-state index in [1.807, 2.05) is 0 Å². The molecule has 0 radical (unpaired) electrons. The van der Waals surface area contributed by atoms with Gasteiger partial charge in [-0.3, -0.25) is 10.6 Å². The number of hydrazine groups is 1. The molecule has 104 valence electrons. The molecule has 20 heavy (non-hydrogen) atoms. The fourth-order valence-electron chi connectivity index (χ4n) is 1.61. The summed E-state index contributed by atoms with van der Waals surface area (Å²) in [6.07, 6.45) is 0. The smallest absolute Gasteiger partial charge is 0.257 e. The van der Waals surface area contributed by atoms with Crippen molar-refractivity contribution in [1.82, 2.24) is 0 Å². The highest BCUT2D eigenvalue weighted by atomic mass is 35.5. The second-order valence-electron chi connectivity index (χ2n) is 3.91. The first-order chi connectivity index (χ1) is 9.51. The summed E-state index contributed by atoms with van der Waals surface area (Å²) in [6.45, 7) is 0. The number of carbonyl (C=O) groups is 1. The molecular weight excluding hydrogens is 304 g/mol. The molecular formula is C13H10Cl2FN3O. The fourth-order valence-corrected chi connectivity index (χ4v) is 2.00. The highest BCUT2D eigenvalue weighted by molar-refractivity contribution is 6.34. The molecule has 0 saturated heterocycles. The molecule has 0 bridgehead atoms. The highest BCUT2D eigenvalue weighted by Gasteiger charge is 2.13. The summed E-state index contributed by atoms with van der Waals surface area (Å²) in [4.78, 5) is 12.2. The van der Waals surface area contributed by atoms with Crippen molar-refractivity contribution in [3.63, 3.8) is 0 Å². The van der Waals surface area contributed by atoms with E-state index in [2.05, 4.69) is 10.7 Å². The third-order valence-electron chi connectivity index (χ3n) is 2.56. The van der Waals surface area contributed by atoms with Gasteiger partial charge in [-0.25, -0.2) is 4.39 Å². The topological polar surface area (TPSA) is 67.1 Å². The molecule has 0 aliphatic carbocycles. The first-order valence-electron chi connectivity index (χ1n) is 5.54. The van der Waals surface area contributed by atoms with E-state index in [1.165, 1.54) is 18.2 Å². The minimum atomic E-state index is -0.486. The van der Waals surface area contributed by atoms with Crippen LogP contribution in [0.3, 0.4) is 0 Å². The van der Waals surface area contributed by atoms with Gasteiger partial charge in [0.15, 0.2) is 0 Å². The molecule has 0 aromatic heterocycles. The van der Waals surface area contributed by atoms with Gasteiger partial charge < -0.3 is 10.7 Å². The van der Waals surface area contributed by atoms with Gasteiger partial charge in [-0.1, -0.05) is 23.2 Å². The minimum absolute atomic E-state index is 0.0997. The number of hydrogen-bond donors (Lipinski definition) is 3. The zero-order valence-electron chi connectivity index (χ0n) is 10.1. The molecule has 1 amide bonds. The van der Waals surface area contributed by atoms with Crippen molar-refractivity contribution in [2.45, 2.75) is 0 Å². The van der Waals surface area contributed by atoms with Gasteiger partial charge in [-0.05, 0) is 36.4 Å². The van der Waals surface area contributed by atoms with Crippen LogP contribution in [0.5, 0.6) is 0 Å². The van der Waals surface area contributed by atoms with Crippen LogP contribution in [-0.2, 0) is 0 Å². The van der Waals surface area contributed by atoms with E-state index in [0.29, 0.717) is 16.4 Å². The number of anilines is 2. The van der Waals surface area contributed by atoms with Gasteiger partial charge in [0.25, 0.3) is 5.91 Å². The molecule has 0 aliphatic heterocycles. The Hall–Kier alpha value is -1.82. The molecule has 0 saturated carbocycles. The van der Waals surface area contributed by atoms with Crippen LogP contribution in [0.4, 0.5) is 15.8 Å². The van der Waals surface area contributed by atoms with Crippen molar-refractivity contribution in [2.24, 2.45) is 5.84 Å². The van der Waals surface area contributed by atoms with Gasteiger partial charge in [0, 0.05) is 5.02 Å². The van der Waals surface area contributed by atoms with E-state index in [-0.39, 0.29) is 10.6 Å². The van der Waals surface area contributed by atoms with Crippen LogP contribution in [0.1, 0.15) is 10.4 Å². The number of nitrogen functional groups attached to an aromatic ring is 1. The van der Waals surface area contributed by atoms with E-state index in [0.717, 1.165) is 6.07 Å². The van der Waals surface area contributed by atoms with Gasteiger partial charge in [0.05, 0.1) is 22.0 Å². The molecule has 2 aromatic carbocycles. The summed E-state index contributed by atoms with van der Waals surface area (Å²) in [5.74, 6) is 4.38. The number of nitrogens with two attached hydrogens (primary N) is 1. The molecule has 0 atom stereocenters. The third-order valence-corrected chi connectivity index (χ3v) is 3.11. The average molecular weight is 314 g/mol. The highest BCUT2D eigenvalue weighted by Crippen LogP contribution is 2.25. The zero-order chi connectivity index (χ0) is 14.7. The Morgan fingerprint density at radius 3 is 2.45 bits per heavy atom. The molecule has 2 rings (SSSR count). The van der Waals surface area contributed by atoms with Gasteiger partial charge in [0.2, 0.25) is 0 Å². The molecule has 0 aliphatic rings. The van der Waals surface area contributed by atoms with Crippen LogP contribution in [0.15, 0.2) is 36.4 Å². The van der Waals surface area contributed by atoms with Crippen molar-refractivity contribution < 1.29 is 9.18 Å². The molecule has 2 aromatic rings. The number of carbonyl (C=O) groups excluding carboxylic acids is 1. The van der Waals surface area contributed by atoms with Crippen molar-refractivity contribution in [2.75, 3.05) is 10.7 Å². The number of nitrogens with one attached hydrogen (secondary N) is 2. The van der Waals surface area contributed by atoms with Crippen LogP contribution in [0.25, 0.3) is 0 Å². The summed E-state index contributed by atoms with van der Waals surface area (Å²) in [7, 11) is 0. The second kappa shape index (κ2) is 6.09. The van der Waals surface area contributed by atoms with Crippen LogP contribution in [0.2, 0.25) is 10.0 Å². The Balaban J connectivity index is 2.30. The fraction of sp³-hybridized carbons (Fsp3) is 0. The monoisotopic (exact) mass is 313 g/mol. The number of halogens is 3. The normalized spacial score (nSPS) is 10.2. The Kier molecular flexibility index (Phi) is 4.44. The molecule has 7 heteroatoms. The first kappa shape index (κ1) is 14.6. The Morgan fingerprint density at radius 2 is 1.80 bits per heavy atom. The Labute approximate surface area is 124 Å². The van der Waals surface area contributed by atoms with E-state index < -0.39 is 11.7 Å². The van der Waals surface area contributed by atoms with Gasteiger partial charge in [-0.15, -0.1) is 0 Å². The van der Waals surface area contributed by atoms with Crippen LogP contribution < -0.4 is 16.6 Å². The number of hydrogen-bond acceptors (Lipinski definition) is 3. The van der Waals surface area contributed by atoms with E-state index in [1.54, 1.807) is 12.1 Å². The lowest BCUT2D eigenvalue weighted by molar-refractivity contribution is 0.102. The average Bonchev–Trinajstić information content (AvgIpc) is 2.41. The Bertz CT molecular complexity index is 664. The first-order valence-corrected chi connectivity index (χ1v) is 6.29. The molecule has 0 heterocycles. The lowest BCUT2D eigenvalue weighted by Crippen LogP contribution is -2.17. The van der Waals surface area contributed by atoms with Crippen molar-refractivity contribution in [3.05, 3.63) is 57.8 Å². The second-order valence-corrected chi connectivity index (χ2v) is 4.76. The van der Waals surface area contributed by atoms with Crippen LogP contribution >= 0.6 is 23.2 Å². The summed E-state index contributed by atoms with van der Waals surface area (Å²) in [5.41, 5.74) is 3.35. The summed E-state index contributed by atoms with van der Waals surface area (Å²) in [5, 5.41) is 3.05. The molecule has 0 fully saturated rings. The van der Waals surface area contributed by atoms with E-state index in [4.69, 9.17) is 29.0 Å². The maximum Gasteiger partial charge on any atom is 0.257 e. The van der Waals surface area contributed by atoms with Crippen LogP contribution in [-0.4, -0.2) is 5.91 Å². The summed E-state index contributed by atoms with van der Waals surface area (Å²) in [6, 6.07) is 8.31. The quantitative estimate of drug-likeness (QED) is 0.598. The molecule has 0 unspecified atom stereocenters. The summed E-state index contributed by atoms with van der Waals surface area (Å²) < 4.78 is 12.9. The van der Waals surface area contributed by atoms with Crippen molar-refractivity contribution in [3.8, 4) is 0 Å². The predicted octanol–water partition coefficient (Wildman–Crippen LogP) is 3.67. The maximum absolute atomic E-state index is 12.9. The maximum atomic E-state index is 12.9. The van der Waals surface area contributed by atoms with Crippen molar-refractivity contribution in [1.29, 1.82) is 0 Å². The number of rotatable bonds is 3. The minimum Gasteiger partial charge on any atom is -0.323 e. The van der Waals surface area contributed by atoms with E-state index >= 15 is 0 Å². The van der Waals surface area contributed by atoms with Crippen LogP contribution in [0, 0.1) is 5.82 Å².